The number of hydrogen-bond acceptors (Lipinski definition) is 2. The van der Waals surface area contributed by atoms with Crippen molar-refractivity contribution in [2.45, 2.75) is 6.54 Å². The Morgan fingerprint density at radius 1 is 1.14 bits per heavy atom. The van der Waals surface area contributed by atoms with Crippen LogP contribution >= 0.6 is 15.9 Å². The molecular weight excluding hydrogens is 330 g/mol. The van der Waals surface area contributed by atoms with Crippen molar-refractivity contribution in [1.29, 1.82) is 0 Å². The molecule has 21 heavy (non-hydrogen) atoms. The number of methoxy groups -OCH3 is 1. The highest BCUT2D eigenvalue weighted by Gasteiger charge is 2.17. The van der Waals surface area contributed by atoms with E-state index in [1.807, 2.05) is 42.6 Å². The molecular formula is C17H14BrNO2. The fourth-order valence-electron chi connectivity index (χ4n) is 2.49. The van der Waals surface area contributed by atoms with E-state index in [0.717, 1.165) is 15.4 Å². The van der Waals surface area contributed by atoms with Crippen molar-refractivity contribution < 1.29 is 9.53 Å². The van der Waals surface area contributed by atoms with E-state index in [9.17, 15) is 4.79 Å². The molecule has 0 saturated heterocycles. The Morgan fingerprint density at radius 2 is 1.90 bits per heavy atom. The van der Waals surface area contributed by atoms with Gasteiger partial charge < -0.3 is 9.30 Å². The van der Waals surface area contributed by atoms with Crippen molar-refractivity contribution in [2.24, 2.45) is 0 Å². The van der Waals surface area contributed by atoms with Crippen molar-refractivity contribution in [3.63, 3.8) is 0 Å². The van der Waals surface area contributed by atoms with Gasteiger partial charge in [0.15, 0.2) is 0 Å². The second kappa shape index (κ2) is 5.74. The molecule has 2 aromatic carbocycles. The van der Waals surface area contributed by atoms with Crippen molar-refractivity contribution in [1.82, 2.24) is 4.57 Å². The van der Waals surface area contributed by atoms with E-state index in [1.165, 1.54) is 12.7 Å². The first kappa shape index (κ1) is 13.9. The number of benzene rings is 2. The second-order valence-corrected chi connectivity index (χ2v) is 5.64. The maximum atomic E-state index is 12.0. The van der Waals surface area contributed by atoms with Gasteiger partial charge in [-0.15, -0.1) is 0 Å². The van der Waals surface area contributed by atoms with Gasteiger partial charge in [0.05, 0.1) is 18.2 Å². The molecule has 0 N–H and O–H groups in total. The molecule has 0 spiro atoms. The van der Waals surface area contributed by atoms with Crippen molar-refractivity contribution in [3.8, 4) is 0 Å². The van der Waals surface area contributed by atoms with Crippen LogP contribution in [0.1, 0.15) is 15.9 Å². The number of aromatic nitrogens is 1. The van der Waals surface area contributed by atoms with Crippen LogP contribution in [0, 0.1) is 0 Å². The van der Waals surface area contributed by atoms with Gasteiger partial charge >= 0.3 is 5.97 Å². The number of fused-ring (bicyclic) bond motifs is 1. The maximum absolute atomic E-state index is 12.0. The van der Waals surface area contributed by atoms with Crippen molar-refractivity contribution >= 4 is 32.8 Å². The first-order valence-electron chi connectivity index (χ1n) is 6.60. The maximum Gasteiger partial charge on any atom is 0.340 e. The number of nitrogens with zero attached hydrogens (tertiary/aromatic N) is 1. The van der Waals surface area contributed by atoms with Crippen LogP contribution in [-0.4, -0.2) is 17.6 Å². The highest BCUT2D eigenvalue weighted by atomic mass is 79.9. The first-order valence-corrected chi connectivity index (χ1v) is 7.39. The lowest BCUT2D eigenvalue weighted by Gasteiger charge is -2.06. The highest BCUT2D eigenvalue weighted by molar-refractivity contribution is 9.10. The third kappa shape index (κ3) is 2.59. The molecule has 4 heteroatoms. The van der Waals surface area contributed by atoms with Crippen LogP contribution in [0.25, 0.3) is 10.9 Å². The Balaban J connectivity index is 2.16. The first-order chi connectivity index (χ1) is 10.2. The molecule has 0 unspecified atom stereocenters. The number of para-hydroxylation sites is 1. The largest absolute Gasteiger partial charge is 0.465 e. The number of esters is 1. The third-order valence-corrected chi connectivity index (χ3v) is 4.09. The van der Waals surface area contributed by atoms with Crippen LogP contribution in [0.5, 0.6) is 0 Å². The molecule has 3 aromatic rings. The normalized spacial score (nSPS) is 10.8. The minimum absolute atomic E-state index is 0.315. The fraction of sp³-hybridized carbons (Fsp3) is 0.118. The molecule has 0 atom stereocenters. The SMILES string of the molecule is COC(=O)c1cn(Cc2ccccc2)c2c(Br)cccc12. The van der Waals surface area contributed by atoms with Crippen LogP contribution in [0.3, 0.4) is 0 Å². The lowest BCUT2D eigenvalue weighted by Crippen LogP contribution is -2.01. The lowest BCUT2D eigenvalue weighted by molar-refractivity contribution is 0.0602. The van der Waals surface area contributed by atoms with Gasteiger partial charge in [-0.25, -0.2) is 4.79 Å². The minimum Gasteiger partial charge on any atom is -0.465 e. The van der Waals surface area contributed by atoms with E-state index in [1.54, 1.807) is 0 Å². The Morgan fingerprint density at radius 3 is 2.62 bits per heavy atom. The zero-order valence-electron chi connectivity index (χ0n) is 11.5. The molecule has 3 nitrogen and oxygen atoms in total. The molecule has 1 aromatic heterocycles. The van der Waals surface area contributed by atoms with Crippen LogP contribution < -0.4 is 0 Å². The van der Waals surface area contributed by atoms with Crippen molar-refractivity contribution in [2.75, 3.05) is 7.11 Å². The Bertz CT molecular complexity index is 793. The van der Waals surface area contributed by atoms with E-state index in [2.05, 4.69) is 32.6 Å². The van der Waals surface area contributed by atoms with Gasteiger partial charge in [0.25, 0.3) is 0 Å². The molecule has 106 valence electrons. The summed E-state index contributed by atoms with van der Waals surface area (Å²) in [6.07, 6.45) is 1.86. The molecule has 0 amide bonds. The predicted molar refractivity (Wildman–Crippen MR) is 86.5 cm³/mol. The van der Waals surface area contributed by atoms with E-state index in [-0.39, 0.29) is 5.97 Å². The summed E-state index contributed by atoms with van der Waals surface area (Å²) in [5.74, 6) is -0.315. The van der Waals surface area contributed by atoms with E-state index >= 15 is 0 Å². The number of hydrogen-bond donors (Lipinski definition) is 0. The van der Waals surface area contributed by atoms with Crippen LogP contribution in [0.15, 0.2) is 59.2 Å². The summed E-state index contributed by atoms with van der Waals surface area (Å²) in [6, 6.07) is 16.0. The van der Waals surface area contributed by atoms with Crippen molar-refractivity contribution in [3.05, 3.63) is 70.3 Å². The average molecular weight is 344 g/mol. The average Bonchev–Trinajstić information content (AvgIpc) is 2.87. The molecule has 0 bridgehead atoms. The summed E-state index contributed by atoms with van der Waals surface area (Å²) in [5.41, 5.74) is 2.77. The Hall–Kier alpha value is -2.07. The van der Waals surface area contributed by atoms with Crippen LogP contribution in [0.4, 0.5) is 0 Å². The van der Waals surface area contributed by atoms with Gasteiger partial charge in [-0.3, -0.25) is 0 Å². The Labute approximate surface area is 131 Å². The zero-order chi connectivity index (χ0) is 14.8. The van der Waals surface area contributed by atoms with E-state index in [0.29, 0.717) is 12.1 Å². The smallest absolute Gasteiger partial charge is 0.340 e. The van der Waals surface area contributed by atoms with Crippen LogP contribution in [-0.2, 0) is 11.3 Å². The van der Waals surface area contributed by atoms with E-state index in [4.69, 9.17) is 4.74 Å². The number of ether oxygens (including phenoxy) is 1. The Kier molecular flexibility index (Phi) is 3.80. The summed E-state index contributed by atoms with van der Waals surface area (Å²) in [4.78, 5) is 12.0. The molecule has 0 aliphatic carbocycles. The molecule has 0 radical (unpaired) electrons. The van der Waals surface area contributed by atoms with E-state index < -0.39 is 0 Å². The predicted octanol–water partition coefficient (Wildman–Crippen LogP) is 4.24. The monoisotopic (exact) mass is 343 g/mol. The zero-order valence-corrected chi connectivity index (χ0v) is 13.1. The quantitative estimate of drug-likeness (QED) is 0.666. The summed E-state index contributed by atoms with van der Waals surface area (Å²) in [6.45, 7) is 0.705. The summed E-state index contributed by atoms with van der Waals surface area (Å²) >= 11 is 3.57. The number of halogens is 1. The second-order valence-electron chi connectivity index (χ2n) is 4.78. The standard InChI is InChI=1S/C17H14BrNO2/c1-21-17(20)14-11-19(10-12-6-3-2-4-7-12)16-13(14)8-5-9-15(16)18/h2-9,11H,10H2,1H3. The van der Waals surface area contributed by atoms with Gasteiger partial charge in [0, 0.05) is 22.6 Å². The van der Waals surface area contributed by atoms with Gasteiger partial charge in [0.1, 0.15) is 0 Å². The van der Waals surface area contributed by atoms with Gasteiger partial charge in [-0.05, 0) is 27.6 Å². The molecule has 0 fully saturated rings. The molecule has 0 saturated carbocycles. The molecule has 3 rings (SSSR count). The topological polar surface area (TPSA) is 31.2 Å². The summed E-state index contributed by atoms with van der Waals surface area (Å²) < 4.78 is 7.91. The summed E-state index contributed by atoms with van der Waals surface area (Å²) in [5, 5.41) is 0.896. The van der Waals surface area contributed by atoms with Gasteiger partial charge in [-0.2, -0.15) is 0 Å². The number of rotatable bonds is 3. The molecule has 1 heterocycles. The lowest BCUT2D eigenvalue weighted by atomic mass is 10.2. The van der Waals surface area contributed by atoms with Gasteiger partial charge in [-0.1, -0.05) is 42.5 Å². The number of carbonyl (C=O) groups excluding carboxylic acids is 1. The van der Waals surface area contributed by atoms with Gasteiger partial charge in [0.2, 0.25) is 0 Å². The van der Waals surface area contributed by atoms with Crippen LogP contribution in [0.2, 0.25) is 0 Å². The third-order valence-electron chi connectivity index (χ3n) is 3.45. The molecule has 0 aliphatic heterocycles. The molecule has 0 aliphatic rings. The fourth-order valence-corrected chi connectivity index (χ4v) is 3.09. The summed E-state index contributed by atoms with van der Waals surface area (Å²) in [7, 11) is 1.40. The minimum atomic E-state index is -0.315. The highest BCUT2D eigenvalue weighted by Crippen LogP contribution is 2.29. The number of carbonyl (C=O) groups is 1.